The van der Waals surface area contributed by atoms with Crippen LogP contribution in [0.25, 0.3) is 0 Å². The zero-order valence-corrected chi connectivity index (χ0v) is 66.5. The topological polar surface area (TPSA) is 27.7 Å². The molecule has 0 amide bonds. The maximum absolute atomic E-state index is 7.61. The number of hydrogen-bond acceptors (Lipinski definition) is 3. The lowest BCUT2D eigenvalue weighted by Crippen LogP contribution is -2.54. The van der Waals surface area contributed by atoms with Crippen molar-refractivity contribution in [2.75, 3.05) is 0 Å². The van der Waals surface area contributed by atoms with Crippen molar-refractivity contribution in [3.05, 3.63) is 24.3 Å². The second kappa shape index (κ2) is 24.1. The van der Waals surface area contributed by atoms with Gasteiger partial charge in [-0.1, -0.05) is 222 Å². The first kappa shape index (κ1) is 65.7. The van der Waals surface area contributed by atoms with Gasteiger partial charge in [0.15, 0.2) is 49.9 Å². The lowest BCUT2D eigenvalue weighted by atomic mass is 10.4. The van der Waals surface area contributed by atoms with Gasteiger partial charge in [-0.05, 0) is 115 Å². The highest BCUT2D eigenvalue weighted by Gasteiger charge is 2.47. The number of rotatable bonds is 0. The molecule has 4 aliphatic heterocycles. The molecule has 17 heteroatoms. The van der Waals surface area contributed by atoms with Gasteiger partial charge in [-0.2, -0.15) is 0 Å². The summed E-state index contributed by atoms with van der Waals surface area (Å²) in [4.78, 5) is 0. The molecule has 2 spiro atoms. The molecule has 2 fully saturated rings. The molecule has 3 nitrogen and oxygen atoms in total. The molecule has 71 heavy (non-hydrogen) atoms. The summed E-state index contributed by atoms with van der Waals surface area (Å²) in [6, 6.07) is 47.4. The monoisotopic (exact) mass is 1210 g/mol. The molecule has 2 saturated heterocycles. The van der Waals surface area contributed by atoms with Crippen LogP contribution in [0, 0.1) is 0 Å². The maximum atomic E-state index is 7.61. The van der Waals surface area contributed by atoms with E-state index in [1.54, 1.807) is 36.3 Å². The van der Waals surface area contributed by atoms with Crippen molar-refractivity contribution >= 4 is 125 Å². The second-order valence-corrected chi connectivity index (χ2v) is 102. The fourth-order valence-electron chi connectivity index (χ4n) is 13.4. The minimum absolute atomic E-state index is 1.38. The van der Waals surface area contributed by atoms with Gasteiger partial charge in [-0.3, -0.25) is 0 Å². The highest BCUT2D eigenvalue weighted by Crippen LogP contribution is 2.43. The van der Waals surface area contributed by atoms with Gasteiger partial charge in [0, 0.05) is 48.4 Å². The third-order valence-electron chi connectivity index (χ3n) is 19.9. The van der Waals surface area contributed by atoms with Gasteiger partial charge in [0.2, 0.25) is 0 Å². The van der Waals surface area contributed by atoms with Crippen molar-refractivity contribution in [1.82, 2.24) is 0 Å². The summed E-state index contributed by atoms with van der Waals surface area (Å²) < 4.78 is 22.3. The minimum atomic E-state index is -1.89. The van der Waals surface area contributed by atoms with Crippen molar-refractivity contribution in [1.29, 1.82) is 0 Å². The molecule has 0 N–H and O–H groups in total. The summed E-state index contributed by atoms with van der Waals surface area (Å²) in [6.07, 6.45) is 0. The van der Waals surface area contributed by atoms with E-state index in [2.05, 4.69) is 181 Å². The lowest BCUT2D eigenvalue weighted by molar-refractivity contribution is 0.540. The summed E-state index contributed by atoms with van der Waals surface area (Å²) in [5.41, 5.74) is 0. The van der Waals surface area contributed by atoms with Gasteiger partial charge >= 0.3 is 0 Å². The van der Waals surface area contributed by atoms with E-state index in [9.17, 15) is 0 Å². The molecular weight excluding hydrogens is 1090 g/mol. The van der Waals surface area contributed by atoms with Crippen molar-refractivity contribution < 1.29 is 12.3 Å². The van der Waals surface area contributed by atoms with Crippen LogP contribution in [0.5, 0.6) is 0 Å². The van der Waals surface area contributed by atoms with Crippen molar-refractivity contribution in [3.8, 4) is 0 Å². The molecule has 5 rings (SSSR count). The number of fused-ring (bicyclic) bond motifs is 14. The van der Waals surface area contributed by atoms with E-state index in [4.69, 9.17) is 12.3 Å². The van der Waals surface area contributed by atoms with Crippen LogP contribution in [0.4, 0.5) is 0 Å². The van der Waals surface area contributed by atoms with Gasteiger partial charge < -0.3 is 12.3 Å². The molecule has 0 radical (unpaired) electrons. The molecule has 0 aliphatic carbocycles. The second-order valence-electron chi connectivity index (χ2n) is 34.0. The Morgan fingerprint density at radius 2 is 0.324 bits per heavy atom. The first-order chi connectivity index (χ1) is 31.8. The zero-order chi connectivity index (χ0) is 54.1. The first-order valence-corrected chi connectivity index (χ1v) is 74.5. The molecule has 1 aromatic rings. The summed E-state index contributed by atoms with van der Waals surface area (Å²) in [7, 11) is -22.9. The normalized spacial score (nSPS) is 30.0. The molecule has 0 saturated carbocycles. The van der Waals surface area contributed by atoms with E-state index in [1.165, 1.54) is 109 Å². The summed E-state index contributed by atoms with van der Waals surface area (Å²) in [5, 5.41) is 3.82. The quantitative estimate of drug-likeness (QED) is 0.242. The summed E-state index contributed by atoms with van der Waals surface area (Å²) in [5.74, 6) is 0. The third-order valence-corrected chi connectivity index (χ3v) is 77.5. The Balaban J connectivity index is 1.98. The highest BCUT2D eigenvalue weighted by atomic mass is 28.4. The predicted molar refractivity (Wildman–Crippen MR) is 366 cm³/mol. The largest absolute Gasteiger partial charge is 0.456 e. The van der Waals surface area contributed by atoms with Crippen LogP contribution in [0.1, 0.15) is 0 Å². The van der Waals surface area contributed by atoms with Gasteiger partial charge in [0.05, 0.1) is 16.1 Å². The molecule has 4 aliphatic rings. The maximum Gasteiger partial charge on any atom is 0.173 e. The lowest BCUT2D eigenvalue weighted by Gasteiger charge is -2.43. The first-order valence-electron chi connectivity index (χ1n) is 30.0. The number of hydrogen-bond donors (Lipinski definition) is 0. The SMILES string of the molecule is C[Si]1(C)CC[Si](C)(C)O[Si](C)(C)CC[Si](C)(C)CC[Si]2(CC1)CC[Si](C)(C)CC[Si](C)(C)O[Si](C)(C)CC[Si](C)(C)CC[Si]1(CC[Si](C)(C)CC[Si](C)(C)O[Si](C)(C)CC[Si](C)(C)CC1)c1ccc2cc1. The van der Waals surface area contributed by atoms with Crippen LogP contribution in [0.2, 0.25) is 302 Å². The Labute approximate surface area is 459 Å². The fourth-order valence-corrected chi connectivity index (χ4v) is 98.7. The average Bonchev–Trinajstić information content (AvgIpc) is 3.21. The van der Waals surface area contributed by atoms with Crippen molar-refractivity contribution in [3.63, 3.8) is 0 Å². The van der Waals surface area contributed by atoms with Crippen LogP contribution in [-0.4, -0.2) is 114 Å². The molecular formula is C54H124O3Si14. The van der Waals surface area contributed by atoms with Crippen LogP contribution in [0.15, 0.2) is 24.3 Å². The Hall–Kier alpha value is 2.14. The van der Waals surface area contributed by atoms with Gasteiger partial charge in [0.25, 0.3) is 0 Å². The Morgan fingerprint density at radius 1 is 0.197 bits per heavy atom. The van der Waals surface area contributed by atoms with E-state index >= 15 is 0 Å². The van der Waals surface area contributed by atoms with Crippen LogP contribution < -0.4 is 10.4 Å². The van der Waals surface area contributed by atoms with E-state index < -0.39 is 114 Å². The molecule has 414 valence electrons. The smallest absolute Gasteiger partial charge is 0.173 e. The molecule has 0 atom stereocenters. The van der Waals surface area contributed by atoms with Crippen LogP contribution in [0.3, 0.4) is 0 Å². The third kappa shape index (κ3) is 22.3. The fraction of sp³-hybridized carbons (Fsp3) is 0.889. The molecule has 4 heterocycles. The zero-order valence-electron chi connectivity index (χ0n) is 52.5. The van der Waals surface area contributed by atoms with E-state index in [-0.39, 0.29) is 0 Å². The van der Waals surface area contributed by atoms with Crippen LogP contribution >= 0.6 is 0 Å². The number of benzene rings is 1. The average molecular weight is 1210 g/mol. The summed E-state index contributed by atoms with van der Waals surface area (Å²) in [6.45, 7) is 64.9. The Morgan fingerprint density at radius 3 is 0.465 bits per heavy atom. The molecule has 0 unspecified atom stereocenters. The van der Waals surface area contributed by atoms with Crippen LogP contribution in [-0.2, 0) is 12.3 Å². The van der Waals surface area contributed by atoms with E-state index in [1.807, 2.05) is 10.4 Å². The van der Waals surface area contributed by atoms with E-state index in [0.717, 1.165) is 0 Å². The van der Waals surface area contributed by atoms with Crippen molar-refractivity contribution in [2.45, 2.75) is 302 Å². The minimum Gasteiger partial charge on any atom is -0.456 e. The highest BCUT2D eigenvalue weighted by molar-refractivity contribution is 6.99. The predicted octanol–water partition coefficient (Wildman–Crippen LogP) is 19.6. The van der Waals surface area contributed by atoms with E-state index in [0.29, 0.717) is 0 Å². The summed E-state index contributed by atoms with van der Waals surface area (Å²) >= 11 is 0. The van der Waals surface area contributed by atoms with Gasteiger partial charge in [-0.25, -0.2) is 0 Å². The molecule has 1 aromatic carbocycles. The Kier molecular flexibility index (Phi) is 22.3. The van der Waals surface area contributed by atoms with Gasteiger partial charge in [-0.15, -0.1) is 0 Å². The van der Waals surface area contributed by atoms with Gasteiger partial charge in [0.1, 0.15) is 0 Å². The van der Waals surface area contributed by atoms with Crippen molar-refractivity contribution in [2.24, 2.45) is 0 Å². The molecule has 2 bridgehead atoms. The Bertz CT molecular complexity index is 1660. The standard InChI is InChI=1S/C54H124O3Si14/c1-58(2)29-41-64(13,14)55-65(15,16)42-30-59(3,4)36-48-70(47-35-58)51-39-62(9,10)33-45-68(21,22)57-69(23,24)46-34-63(11,12)40-52-71(54-27-25-53(70)26-28-54)49-37-60(5,6)31-43-66(17,18)56-67(19,20)44-32-61(7,8)38-50-71/h25-28H,29-52H2,1-24H3. The molecule has 0 aromatic heterocycles.